The molecule has 2 unspecified atom stereocenters. The molecule has 1 aromatic carbocycles. The van der Waals surface area contributed by atoms with Crippen LogP contribution in [0.5, 0.6) is 0 Å². The molecule has 0 spiro atoms. The average molecular weight is 458 g/mol. The Kier molecular flexibility index (Phi) is 9.50. The molecule has 0 aromatic heterocycles. The molecule has 2 N–H and O–H groups in total. The van der Waals surface area contributed by atoms with Gasteiger partial charge in [0.15, 0.2) is 5.84 Å². The van der Waals surface area contributed by atoms with Crippen LogP contribution >= 0.6 is 0 Å². The minimum absolute atomic E-state index is 0.0291. The largest absolute Gasteiger partial charge is 0.478 e. The second-order valence-electron chi connectivity index (χ2n) is 10.7. The fourth-order valence-corrected chi connectivity index (χ4v) is 4.08. The zero-order valence-electron chi connectivity index (χ0n) is 21.4. The molecule has 0 saturated carbocycles. The summed E-state index contributed by atoms with van der Waals surface area (Å²) in [5.74, 6) is 0.0353. The van der Waals surface area contributed by atoms with Gasteiger partial charge in [-0.15, -0.1) is 0 Å². The predicted octanol–water partition coefficient (Wildman–Crippen LogP) is 5.52. The van der Waals surface area contributed by atoms with Crippen LogP contribution < -0.4 is 5.32 Å². The average Bonchev–Trinajstić information content (AvgIpc) is 2.99. The van der Waals surface area contributed by atoms with Crippen LogP contribution in [0.25, 0.3) is 0 Å². The van der Waals surface area contributed by atoms with Crippen LogP contribution in [0.2, 0.25) is 0 Å². The Balaban J connectivity index is 2.10. The van der Waals surface area contributed by atoms with Crippen LogP contribution in [-0.4, -0.2) is 46.5 Å². The van der Waals surface area contributed by atoms with E-state index in [0.717, 1.165) is 37.8 Å². The first-order valence-electron chi connectivity index (χ1n) is 12.5. The zero-order chi connectivity index (χ0) is 24.6. The van der Waals surface area contributed by atoms with E-state index in [4.69, 9.17) is 10.1 Å². The summed E-state index contributed by atoms with van der Waals surface area (Å²) in [6.07, 6.45) is 7.05. The van der Waals surface area contributed by atoms with Crippen molar-refractivity contribution in [3.8, 4) is 0 Å². The van der Waals surface area contributed by atoms with Gasteiger partial charge < -0.3 is 15.3 Å². The van der Waals surface area contributed by atoms with Gasteiger partial charge in [0.2, 0.25) is 0 Å². The van der Waals surface area contributed by atoms with Crippen molar-refractivity contribution < 1.29 is 14.7 Å². The summed E-state index contributed by atoms with van der Waals surface area (Å²) in [5, 5.41) is 12.4. The van der Waals surface area contributed by atoms with Gasteiger partial charge >= 0.3 is 5.97 Å². The molecule has 2 rings (SSSR count). The van der Waals surface area contributed by atoms with Crippen LogP contribution in [0.15, 0.2) is 29.3 Å². The number of carboxylic acids is 1. The third-order valence-electron chi connectivity index (χ3n) is 7.06. The molecule has 1 amide bonds. The fraction of sp³-hybridized carbons (Fsp3) is 0.667. The summed E-state index contributed by atoms with van der Waals surface area (Å²) in [5.41, 5.74) is 0.928. The number of hydrogen-bond acceptors (Lipinski definition) is 4. The van der Waals surface area contributed by atoms with Crippen molar-refractivity contribution in [2.45, 2.75) is 92.2 Å². The van der Waals surface area contributed by atoms with Crippen molar-refractivity contribution in [3.05, 3.63) is 35.4 Å². The van der Waals surface area contributed by atoms with E-state index >= 15 is 0 Å². The summed E-state index contributed by atoms with van der Waals surface area (Å²) >= 11 is 0. The maximum Gasteiger partial charge on any atom is 0.335 e. The van der Waals surface area contributed by atoms with Gasteiger partial charge in [0.25, 0.3) is 5.91 Å². The number of nitrogens with zero attached hydrogens (tertiary/aromatic N) is 2. The fourth-order valence-electron chi connectivity index (χ4n) is 4.08. The van der Waals surface area contributed by atoms with E-state index in [0.29, 0.717) is 24.7 Å². The van der Waals surface area contributed by atoms with Crippen molar-refractivity contribution in [3.63, 3.8) is 0 Å². The number of amides is 1. The van der Waals surface area contributed by atoms with E-state index in [1.807, 2.05) is 17.0 Å². The number of aromatic carboxylic acids is 1. The summed E-state index contributed by atoms with van der Waals surface area (Å²) in [7, 11) is 0. The first kappa shape index (κ1) is 26.9. The molecule has 6 nitrogen and oxygen atoms in total. The van der Waals surface area contributed by atoms with Gasteiger partial charge in [-0.25, -0.2) is 9.79 Å². The normalized spacial score (nSPS) is 19.5. The highest BCUT2D eigenvalue weighted by atomic mass is 16.4. The lowest BCUT2D eigenvalue weighted by molar-refractivity contribution is -0.127. The molecule has 184 valence electrons. The number of rotatable bonds is 12. The molecular formula is C27H43N3O3. The van der Waals surface area contributed by atoms with Crippen molar-refractivity contribution in [2.24, 2.45) is 16.3 Å². The highest BCUT2D eigenvalue weighted by Gasteiger charge is 2.43. The van der Waals surface area contributed by atoms with Crippen LogP contribution in [0.1, 0.15) is 96.0 Å². The zero-order valence-corrected chi connectivity index (χ0v) is 21.4. The number of amidine groups is 1. The molecule has 2 atom stereocenters. The summed E-state index contributed by atoms with van der Waals surface area (Å²) in [4.78, 5) is 31.2. The maximum atomic E-state index is 13.3. The SMILES string of the molecule is CCCCCCNC1=NC(C)(CCC(C)C(C)(C)C)N(CCc2ccc(C(=O)O)cc2)C1=O. The van der Waals surface area contributed by atoms with Crippen LogP contribution in [0.4, 0.5) is 0 Å². The van der Waals surface area contributed by atoms with E-state index in [2.05, 4.69) is 46.9 Å². The Morgan fingerprint density at radius 1 is 1.18 bits per heavy atom. The topological polar surface area (TPSA) is 82.0 Å². The highest BCUT2D eigenvalue weighted by molar-refractivity contribution is 6.39. The number of nitrogens with one attached hydrogen (secondary N) is 1. The standard InChI is InChI=1S/C27H43N3O3/c1-7-8-9-10-18-28-23-24(31)30(19-16-21-11-13-22(14-12-21)25(32)33)27(6,29-23)17-15-20(2)26(3,4)5/h11-14,20H,7-10,15-19H2,1-6H3,(H,28,29)(H,32,33). The lowest BCUT2D eigenvalue weighted by Gasteiger charge is -2.36. The number of carboxylic acid groups (broad SMARTS) is 1. The Labute approximate surface area is 199 Å². The molecule has 6 heteroatoms. The van der Waals surface area contributed by atoms with Crippen LogP contribution in [0.3, 0.4) is 0 Å². The third-order valence-corrected chi connectivity index (χ3v) is 7.06. The molecule has 1 aliphatic heterocycles. The van der Waals surface area contributed by atoms with E-state index in [9.17, 15) is 9.59 Å². The highest BCUT2D eigenvalue weighted by Crippen LogP contribution is 2.35. The Morgan fingerprint density at radius 2 is 1.85 bits per heavy atom. The summed E-state index contributed by atoms with van der Waals surface area (Å²) < 4.78 is 0. The molecular weight excluding hydrogens is 414 g/mol. The second kappa shape index (κ2) is 11.7. The summed E-state index contributed by atoms with van der Waals surface area (Å²) in [6.45, 7) is 14.6. The number of aliphatic imine (C=N–C) groups is 1. The van der Waals surface area contributed by atoms with Crippen LogP contribution in [-0.2, 0) is 11.2 Å². The van der Waals surface area contributed by atoms with Crippen molar-refractivity contribution in [1.29, 1.82) is 0 Å². The van der Waals surface area contributed by atoms with Crippen molar-refractivity contribution in [1.82, 2.24) is 10.2 Å². The van der Waals surface area contributed by atoms with Gasteiger partial charge in [0.1, 0.15) is 5.66 Å². The molecule has 0 radical (unpaired) electrons. The lowest BCUT2D eigenvalue weighted by Crippen LogP contribution is -2.47. The lowest BCUT2D eigenvalue weighted by atomic mass is 9.78. The number of hydrogen-bond donors (Lipinski definition) is 2. The van der Waals surface area contributed by atoms with Gasteiger partial charge in [0, 0.05) is 13.1 Å². The maximum absolute atomic E-state index is 13.3. The van der Waals surface area contributed by atoms with Gasteiger partial charge in [-0.05, 0) is 61.6 Å². The third kappa shape index (κ3) is 7.58. The minimum atomic E-state index is -0.931. The van der Waals surface area contributed by atoms with Gasteiger partial charge in [-0.2, -0.15) is 0 Å². The van der Waals surface area contributed by atoms with Gasteiger partial charge in [-0.3, -0.25) is 4.79 Å². The predicted molar refractivity (Wildman–Crippen MR) is 135 cm³/mol. The molecule has 1 aromatic rings. The van der Waals surface area contributed by atoms with Crippen molar-refractivity contribution in [2.75, 3.05) is 13.1 Å². The minimum Gasteiger partial charge on any atom is -0.478 e. The van der Waals surface area contributed by atoms with E-state index in [-0.39, 0.29) is 16.9 Å². The summed E-state index contributed by atoms with van der Waals surface area (Å²) in [6, 6.07) is 6.90. The van der Waals surface area contributed by atoms with Crippen LogP contribution in [0, 0.1) is 11.3 Å². The number of carbonyl (C=O) groups is 2. The monoisotopic (exact) mass is 457 g/mol. The van der Waals surface area contributed by atoms with Crippen molar-refractivity contribution >= 4 is 17.7 Å². The smallest absolute Gasteiger partial charge is 0.335 e. The molecule has 0 bridgehead atoms. The van der Waals surface area contributed by atoms with E-state index in [1.165, 1.54) is 12.8 Å². The van der Waals surface area contributed by atoms with E-state index in [1.54, 1.807) is 12.1 Å². The molecule has 1 heterocycles. The Bertz CT molecular complexity index is 826. The quantitative estimate of drug-likeness (QED) is 0.405. The Morgan fingerprint density at radius 3 is 2.42 bits per heavy atom. The van der Waals surface area contributed by atoms with Gasteiger partial charge in [-0.1, -0.05) is 66.0 Å². The number of unbranched alkanes of at least 4 members (excludes halogenated alkanes) is 3. The number of benzene rings is 1. The molecule has 1 aliphatic rings. The molecule has 0 fully saturated rings. The van der Waals surface area contributed by atoms with Gasteiger partial charge in [0.05, 0.1) is 5.56 Å². The molecule has 33 heavy (non-hydrogen) atoms. The Hall–Kier alpha value is -2.37. The second-order valence-corrected chi connectivity index (χ2v) is 10.7. The molecule has 0 saturated heterocycles. The van der Waals surface area contributed by atoms with E-state index < -0.39 is 11.6 Å². The molecule has 0 aliphatic carbocycles. The number of carbonyl (C=O) groups excluding carboxylic acids is 1. The first-order valence-corrected chi connectivity index (χ1v) is 12.5. The first-order chi connectivity index (χ1) is 15.5.